The Balaban J connectivity index is 1.65. The van der Waals surface area contributed by atoms with Gasteiger partial charge in [0.2, 0.25) is 0 Å². The number of carbonyl (C=O) groups is 1. The van der Waals surface area contributed by atoms with Crippen molar-refractivity contribution in [1.82, 2.24) is 10.3 Å². The number of benzene rings is 2. The molecule has 0 spiro atoms. The molecular formula is C18H13Cl3N2OS. The quantitative estimate of drug-likeness (QED) is 0.553. The van der Waals surface area contributed by atoms with E-state index in [4.69, 9.17) is 34.8 Å². The van der Waals surface area contributed by atoms with E-state index in [1.807, 2.05) is 23.6 Å². The molecule has 0 bridgehead atoms. The Kier molecular flexibility index (Phi) is 5.97. The highest BCUT2D eigenvalue weighted by Gasteiger charge is 2.17. The van der Waals surface area contributed by atoms with Crippen LogP contribution >= 0.6 is 46.1 Å². The Morgan fingerprint density at radius 3 is 2.52 bits per heavy atom. The van der Waals surface area contributed by atoms with Crippen LogP contribution in [0.2, 0.25) is 15.1 Å². The first-order valence-electron chi connectivity index (χ1n) is 7.43. The number of amides is 1. The fourth-order valence-electron chi connectivity index (χ4n) is 2.28. The van der Waals surface area contributed by atoms with Crippen molar-refractivity contribution in [3.05, 3.63) is 84.7 Å². The highest BCUT2D eigenvalue weighted by Crippen LogP contribution is 2.31. The van der Waals surface area contributed by atoms with Crippen molar-refractivity contribution < 1.29 is 4.79 Å². The predicted molar refractivity (Wildman–Crippen MR) is 104 cm³/mol. The van der Waals surface area contributed by atoms with Crippen molar-refractivity contribution in [3.8, 4) is 0 Å². The molecule has 3 rings (SSSR count). The monoisotopic (exact) mass is 410 g/mol. The number of thiazole rings is 1. The lowest BCUT2D eigenvalue weighted by Gasteiger charge is -2.08. The molecule has 0 unspecified atom stereocenters. The summed E-state index contributed by atoms with van der Waals surface area (Å²) in [6.45, 7) is 0.295. The fourth-order valence-corrected chi connectivity index (χ4v) is 3.80. The summed E-state index contributed by atoms with van der Waals surface area (Å²) in [5.74, 6) is -0.380. The second kappa shape index (κ2) is 8.19. The number of aromatic nitrogens is 1. The van der Waals surface area contributed by atoms with Crippen molar-refractivity contribution in [3.63, 3.8) is 0 Å². The minimum atomic E-state index is -0.380. The van der Waals surface area contributed by atoms with Crippen molar-refractivity contribution in [2.24, 2.45) is 0 Å². The molecule has 1 amide bonds. The number of hydrogen-bond acceptors (Lipinski definition) is 3. The van der Waals surface area contributed by atoms with Crippen molar-refractivity contribution in [2.45, 2.75) is 13.0 Å². The minimum absolute atomic E-state index is 0.148. The summed E-state index contributed by atoms with van der Waals surface area (Å²) in [5.41, 5.74) is 2.17. The van der Waals surface area contributed by atoms with Gasteiger partial charge in [0.15, 0.2) is 0 Å². The van der Waals surface area contributed by atoms with E-state index in [1.165, 1.54) is 5.56 Å². The first kappa shape index (κ1) is 18.2. The SMILES string of the molecule is O=C(NCc1csc(Cc2ccccc2)n1)c1c(Cl)ccc(Cl)c1Cl. The van der Waals surface area contributed by atoms with Crippen molar-refractivity contribution >= 4 is 52.0 Å². The lowest BCUT2D eigenvalue weighted by molar-refractivity contribution is 0.0950. The molecule has 0 aliphatic rings. The lowest BCUT2D eigenvalue weighted by atomic mass is 10.2. The molecule has 0 fully saturated rings. The Bertz CT molecular complexity index is 897. The molecule has 0 saturated carbocycles. The van der Waals surface area contributed by atoms with Gasteiger partial charge in [0.05, 0.1) is 37.9 Å². The van der Waals surface area contributed by atoms with Gasteiger partial charge in [-0.15, -0.1) is 11.3 Å². The minimum Gasteiger partial charge on any atom is -0.346 e. The summed E-state index contributed by atoms with van der Waals surface area (Å²) in [6.07, 6.45) is 0.769. The van der Waals surface area contributed by atoms with Gasteiger partial charge in [0.1, 0.15) is 0 Å². The van der Waals surface area contributed by atoms with E-state index in [-0.39, 0.29) is 26.5 Å². The Morgan fingerprint density at radius 1 is 1.04 bits per heavy atom. The lowest BCUT2D eigenvalue weighted by Crippen LogP contribution is -2.23. The Morgan fingerprint density at radius 2 is 1.76 bits per heavy atom. The molecule has 1 heterocycles. The molecule has 1 N–H and O–H groups in total. The zero-order valence-electron chi connectivity index (χ0n) is 12.9. The van der Waals surface area contributed by atoms with E-state index in [1.54, 1.807) is 23.5 Å². The van der Waals surface area contributed by atoms with Gasteiger partial charge >= 0.3 is 0 Å². The van der Waals surface area contributed by atoms with Crippen LogP contribution < -0.4 is 5.32 Å². The van der Waals surface area contributed by atoms with Crippen LogP contribution in [-0.4, -0.2) is 10.9 Å². The van der Waals surface area contributed by atoms with Crippen LogP contribution in [0.4, 0.5) is 0 Å². The first-order valence-corrected chi connectivity index (χ1v) is 9.45. The van der Waals surface area contributed by atoms with Crippen molar-refractivity contribution in [2.75, 3.05) is 0 Å². The number of carbonyl (C=O) groups excluding carboxylic acids is 1. The highest BCUT2D eigenvalue weighted by molar-refractivity contribution is 7.09. The Hall–Kier alpha value is -1.59. The zero-order chi connectivity index (χ0) is 17.8. The summed E-state index contributed by atoms with van der Waals surface area (Å²) in [5, 5.41) is 6.40. The number of nitrogens with zero attached hydrogens (tertiary/aromatic N) is 1. The molecule has 1 aromatic heterocycles. The second-order valence-electron chi connectivity index (χ2n) is 5.30. The average Bonchev–Trinajstić information content (AvgIpc) is 3.05. The van der Waals surface area contributed by atoms with Crippen LogP contribution in [0.15, 0.2) is 47.8 Å². The number of nitrogens with one attached hydrogen (secondary N) is 1. The number of hydrogen-bond donors (Lipinski definition) is 1. The van der Waals surface area contributed by atoms with Crippen LogP contribution in [0.3, 0.4) is 0 Å². The molecule has 25 heavy (non-hydrogen) atoms. The predicted octanol–water partition coefficient (Wildman–Crippen LogP) is 5.62. The van der Waals surface area contributed by atoms with Gasteiger partial charge in [-0.1, -0.05) is 65.1 Å². The molecule has 0 saturated heterocycles. The smallest absolute Gasteiger partial charge is 0.254 e. The summed E-state index contributed by atoms with van der Waals surface area (Å²) in [4.78, 5) is 16.9. The van der Waals surface area contributed by atoms with Crippen LogP contribution in [0.25, 0.3) is 0 Å². The maximum absolute atomic E-state index is 12.3. The normalized spacial score (nSPS) is 10.7. The fraction of sp³-hybridized carbons (Fsp3) is 0.111. The summed E-state index contributed by atoms with van der Waals surface area (Å²) >= 11 is 19.6. The summed E-state index contributed by atoms with van der Waals surface area (Å²) < 4.78 is 0. The molecule has 0 atom stereocenters. The third kappa shape index (κ3) is 4.53. The standard InChI is InChI=1S/C18H13Cl3N2OS/c19-13-6-7-14(20)17(21)16(13)18(24)22-9-12-10-25-15(23-12)8-11-4-2-1-3-5-11/h1-7,10H,8-9H2,(H,22,24). The number of rotatable bonds is 5. The van der Waals surface area contributed by atoms with Gasteiger partial charge in [-0.25, -0.2) is 4.98 Å². The van der Waals surface area contributed by atoms with Crippen LogP contribution in [0.1, 0.15) is 26.6 Å². The molecule has 0 radical (unpaired) electrons. The molecule has 0 aliphatic carbocycles. The topological polar surface area (TPSA) is 42.0 Å². The van der Waals surface area contributed by atoms with Gasteiger partial charge < -0.3 is 5.32 Å². The molecule has 3 nitrogen and oxygen atoms in total. The summed E-state index contributed by atoms with van der Waals surface area (Å²) in [7, 11) is 0. The summed E-state index contributed by atoms with van der Waals surface area (Å²) in [6, 6.07) is 13.2. The van der Waals surface area contributed by atoms with Gasteiger partial charge in [-0.3, -0.25) is 4.79 Å². The van der Waals surface area contributed by atoms with Gasteiger partial charge in [0, 0.05) is 11.8 Å². The van der Waals surface area contributed by atoms with E-state index < -0.39 is 0 Å². The van der Waals surface area contributed by atoms with E-state index in [9.17, 15) is 4.79 Å². The molecule has 128 valence electrons. The van der Waals surface area contributed by atoms with E-state index >= 15 is 0 Å². The van der Waals surface area contributed by atoms with Crippen LogP contribution in [0, 0.1) is 0 Å². The van der Waals surface area contributed by atoms with E-state index in [2.05, 4.69) is 22.4 Å². The van der Waals surface area contributed by atoms with Gasteiger partial charge in [0.25, 0.3) is 5.91 Å². The largest absolute Gasteiger partial charge is 0.346 e. The van der Waals surface area contributed by atoms with Crippen molar-refractivity contribution in [1.29, 1.82) is 0 Å². The first-order chi connectivity index (χ1) is 12.0. The van der Waals surface area contributed by atoms with Crippen LogP contribution in [0.5, 0.6) is 0 Å². The molecule has 7 heteroatoms. The molecule has 0 aliphatic heterocycles. The number of halogens is 3. The Labute approximate surface area is 164 Å². The highest BCUT2D eigenvalue weighted by atomic mass is 35.5. The maximum Gasteiger partial charge on any atom is 0.254 e. The second-order valence-corrected chi connectivity index (χ2v) is 7.43. The molecule has 3 aromatic rings. The molecular weight excluding hydrogens is 399 g/mol. The average molecular weight is 412 g/mol. The van der Waals surface area contributed by atoms with E-state index in [0.717, 1.165) is 17.1 Å². The van der Waals surface area contributed by atoms with Gasteiger partial charge in [-0.05, 0) is 17.7 Å². The van der Waals surface area contributed by atoms with Crippen LogP contribution in [-0.2, 0) is 13.0 Å². The third-order valence-electron chi connectivity index (χ3n) is 3.50. The zero-order valence-corrected chi connectivity index (χ0v) is 16.0. The van der Waals surface area contributed by atoms with Gasteiger partial charge in [-0.2, -0.15) is 0 Å². The maximum atomic E-state index is 12.3. The molecule has 2 aromatic carbocycles. The van der Waals surface area contributed by atoms with E-state index in [0.29, 0.717) is 6.54 Å². The third-order valence-corrected chi connectivity index (χ3v) is 5.52.